The monoisotopic (exact) mass is 435 g/mol. The molecule has 0 saturated heterocycles. The Morgan fingerprint density at radius 2 is 1.85 bits per heavy atom. The average molecular weight is 436 g/mol. The van der Waals surface area contributed by atoms with E-state index in [9.17, 15) is 14.0 Å². The number of ether oxygens (including phenoxy) is 1. The molecule has 0 aliphatic heterocycles. The molecular formula is C19H19BrFN3O3. The van der Waals surface area contributed by atoms with Crippen molar-refractivity contribution in [2.24, 2.45) is 5.10 Å². The van der Waals surface area contributed by atoms with Crippen molar-refractivity contribution in [3.63, 3.8) is 0 Å². The van der Waals surface area contributed by atoms with E-state index in [0.29, 0.717) is 17.1 Å². The number of carbonyl (C=O) groups is 2. The molecule has 2 rings (SSSR count). The minimum atomic E-state index is -0.436. The van der Waals surface area contributed by atoms with Gasteiger partial charge in [-0.2, -0.15) is 5.10 Å². The molecule has 2 amide bonds. The molecule has 0 fully saturated rings. The van der Waals surface area contributed by atoms with Gasteiger partial charge in [0.25, 0.3) is 5.91 Å². The summed E-state index contributed by atoms with van der Waals surface area (Å²) in [5.41, 5.74) is 4.24. The Balaban J connectivity index is 1.76. The highest BCUT2D eigenvalue weighted by atomic mass is 79.9. The number of nitrogens with one attached hydrogen (secondary N) is 2. The van der Waals surface area contributed by atoms with Crippen LogP contribution in [0, 0.1) is 12.7 Å². The number of anilines is 1. The van der Waals surface area contributed by atoms with Crippen LogP contribution < -0.4 is 15.5 Å². The molecule has 0 aliphatic carbocycles. The van der Waals surface area contributed by atoms with Crippen molar-refractivity contribution in [3.05, 3.63) is 58.3 Å². The fourth-order valence-electron chi connectivity index (χ4n) is 2.06. The zero-order chi connectivity index (χ0) is 19.8. The van der Waals surface area contributed by atoms with E-state index >= 15 is 0 Å². The third kappa shape index (κ3) is 7.18. The molecule has 0 radical (unpaired) electrons. The van der Waals surface area contributed by atoms with Crippen molar-refractivity contribution in [2.45, 2.75) is 20.3 Å². The van der Waals surface area contributed by atoms with E-state index in [1.807, 2.05) is 19.1 Å². The summed E-state index contributed by atoms with van der Waals surface area (Å²) in [6.45, 7) is 3.34. The van der Waals surface area contributed by atoms with Crippen LogP contribution in [-0.2, 0) is 9.59 Å². The second kappa shape index (κ2) is 9.82. The summed E-state index contributed by atoms with van der Waals surface area (Å²) >= 11 is 3.39. The van der Waals surface area contributed by atoms with Crippen molar-refractivity contribution in [1.82, 2.24) is 5.43 Å². The summed E-state index contributed by atoms with van der Waals surface area (Å²) in [7, 11) is 0. The molecule has 2 aromatic carbocycles. The van der Waals surface area contributed by atoms with Crippen LogP contribution in [0.1, 0.15) is 18.9 Å². The zero-order valence-electron chi connectivity index (χ0n) is 14.9. The summed E-state index contributed by atoms with van der Waals surface area (Å²) in [5, 5.41) is 6.49. The standard InChI is InChI=1S/C19H19BrFN3O3/c1-12-9-16(7-8-17(12)20)27-11-19(26)24-23-13(2)10-18(25)22-15-5-3-14(21)4-6-15/h3-9H,10-11H2,1-2H3,(H,22,25)(H,24,26)/b23-13+. The molecule has 0 bridgehead atoms. The molecule has 2 aromatic rings. The lowest BCUT2D eigenvalue weighted by molar-refractivity contribution is -0.123. The lowest BCUT2D eigenvalue weighted by Crippen LogP contribution is -2.26. The number of amides is 2. The Bertz CT molecular complexity index is 854. The first-order valence-electron chi connectivity index (χ1n) is 8.10. The topological polar surface area (TPSA) is 79.8 Å². The van der Waals surface area contributed by atoms with Gasteiger partial charge in [-0.1, -0.05) is 15.9 Å². The van der Waals surface area contributed by atoms with E-state index in [2.05, 4.69) is 31.8 Å². The van der Waals surface area contributed by atoms with Gasteiger partial charge < -0.3 is 10.1 Å². The molecule has 0 spiro atoms. The van der Waals surface area contributed by atoms with Gasteiger partial charge in [-0.25, -0.2) is 9.82 Å². The van der Waals surface area contributed by atoms with Crippen LogP contribution in [-0.4, -0.2) is 24.1 Å². The number of aryl methyl sites for hydroxylation is 1. The van der Waals surface area contributed by atoms with Gasteiger partial charge in [-0.05, 0) is 61.9 Å². The highest BCUT2D eigenvalue weighted by molar-refractivity contribution is 9.10. The SMILES string of the molecule is C/C(CC(=O)Nc1ccc(F)cc1)=N\NC(=O)COc1ccc(Br)c(C)c1. The third-order valence-corrected chi connectivity index (χ3v) is 4.30. The number of rotatable bonds is 7. The molecule has 0 aliphatic rings. The Hall–Kier alpha value is -2.74. The van der Waals surface area contributed by atoms with E-state index in [4.69, 9.17) is 4.74 Å². The van der Waals surface area contributed by atoms with E-state index in [1.54, 1.807) is 13.0 Å². The fraction of sp³-hybridized carbons (Fsp3) is 0.211. The first kappa shape index (κ1) is 20.6. The molecule has 0 aromatic heterocycles. The Morgan fingerprint density at radius 3 is 2.52 bits per heavy atom. The molecule has 0 heterocycles. The van der Waals surface area contributed by atoms with Crippen LogP contribution in [0.2, 0.25) is 0 Å². The predicted molar refractivity (Wildman–Crippen MR) is 105 cm³/mol. The minimum Gasteiger partial charge on any atom is -0.484 e. The number of carbonyl (C=O) groups excluding carboxylic acids is 2. The maximum atomic E-state index is 12.8. The third-order valence-electron chi connectivity index (χ3n) is 3.42. The van der Waals surface area contributed by atoms with Crippen molar-refractivity contribution in [1.29, 1.82) is 0 Å². The number of benzene rings is 2. The van der Waals surface area contributed by atoms with Gasteiger partial charge in [-0.15, -0.1) is 0 Å². The highest BCUT2D eigenvalue weighted by Crippen LogP contribution is 2.21. The van der Waals surface area contributed by atoms with Gasteiger partial charge in [0, 0.05) is 15.9 Å². The molecule has 27 heavy (non-hydrogen) atoms. The lowest BCUT2D eigenvalue weighted by Gasteiger charge is -2.08. The Morgan fingerprint density at radius 1 is 1.15 bits per heavy atom. The predicted octanol–water partition coefficient (Wildman–Crippen LogP) is 3.80. The summed E-state index contributed by atoms with van der Waals surface area (Å²) in [6, 6.07) is 10.8. The van der Waals surface area contributed by atoms with Crippen LogP contribution in [0.3, 0.4) is 0 Å². The maximum absolute atomic E-state index is 12.8. The van der Waals surface area contributed by atoms with Gasteiger partial charge in [0.05, 0.1) is 6.42 Å². The summed E-state index contributed by atoms with van der Waals surface area (Å²) < 4.78 is 19.2. The number of halogens is 2. The largest absolute Gasteiger partial charge is 0.484 e. The van der Waals surface area contributed by atoms with Gasteiger partial charge in [-0.3, -0.25) is 9.59 Å². The van der Waals surface area contributed by atoms with Crippen molar-refractivity contribution in [2.75, 3.05) is 11.9 Å². The van der Waals surface area contributed by atoms with Crippen molar-refractivity contribution < 1.29 is 18.7 Å². The van der Waals surface area contributed by atoms with Crippen LogP contribution in [0.25, 0.3) is 0 Å². The van der Waals surface area contributed by atoms with Crippen LogP contribution >= 0.6 is 15.9 Å². The zero-order valence-corrected chi connectivity index (χ0v) is 16.5. The Labute approximate surface area is 164 Å². The molecule has 0 saturated carbocycles. The van der Waals surface area contributed by atoms with E-state index < -0.39 is 5.91 Å². The fourth-order valence-corrected chi connectivity index (χ4v) is 2.30. The summed E-state index contributed by atoms with van der Waals surface area (Å²) in [4.78, 5) is 23.7. The first-order valence-corrected chi connectivity index (χ1v) is 8.89. The van der Waals surface area contributed by atoms with E-state index in [0.717, 1.165) is 10.0 Å². The quantitative estimate of drug-likeness (QED) is 0.512. The van der Waals surface area contributed by atoms with Crippen molar-refractivity contribution >= 4 is 39.1 Å². The van der Waals surface area contributed by atoms with Crippen LogP contribution in [0.15, 0.2) is 52.0 Å². The van der Waals surface area contributed by atoms with Crippen molar-refractivity contribution in [3.8, 4) is 5.75 Å². The normalized spacial score (nSPS) is 11.0. The van der Waals surface area contributed by atoms with E-state index in [-0.39, 0.29) is 24.8 Å². The van der Waals surface area contributed by atoms with Gasteiger partial charge >= 0.3 is 0 Å². The number of hydrogen-bond donors (Lipinski definition) is 2. The average Bonchev–Trinajstić information content (AvgIpc) is 2.63. The van der Waals surface area contributed by atoms with Gasteiger partial charge in [0.1, 0.15) is 11.6 Å². The molecule has 6 nitrogen and oxygen atoms in total. The molecule has 8 heteroatoms. The molecule has 2 N–H and O–H groups in total. The van der Waals surface area contributed by atoms with Crippen LogP contribution in [0.4, 0.5) is 10.1 Å². The molecule has 0 unspecified atom stereocenters. The summed E-state index contributed by atoms with van der Waals surface area (Å²) in [6.07, 6.45) is -0.00950. The molecule has 0 atom stereocenters. The van der Waals surface area contributed by atoms with Gasteiger partial charge in [0.2, 0.25) is 5.91 Å². The number of nitrogens with zero attached hydrogens (tertiary/aromatic N) is 1. The molecule has 142 valence electrons. The lowest BCUT2D eigenvalue weighted by atomic mass is 10.2. The highest BCUT2D eigenvalue weighted by Gasteiger charge is 2.07. The van der Waals surface area contributed by atoms with Crippen LogP contribution in [0.5, 0.6) is 5.75 Å². The minimum absolute atomic E-state index is 0.00950. The van der Waals surface area contributed by atoms with E-state index in [1.165, 1.54) is 24.3 Å². The smallest absolute Gasteiger partial charge is 0.277 e. The first-order chi connectivity index (χ1) is 12.8. The number of hydrazone groups is 1. The second-order valence-corrected chi connectivity index (χ2v) is 6.67. The second-order valence-electron chi connectivity index (χ2n) is 5.81. The maximum Gasteiger partial charge on any atom is 0.277 e. The van der Waals surface area contributed by atoms with Gasteiger partial charge in [0.15, 0.2) is 6.61 Å². The summed E-state index contributed by atoms with van der Waals surface area (Å²) in [5.74, 6) is -0.563. The molecular weight excluding hydrogens is 417 g/mol. The number of hydrogen-bond acceptors (Lipinski definition) is 4. The Kier molecular flexibility index (Phi) is 7.48.